The Balaban J connectivity index is 0.000000131. The van der Waals surface area contributed by atoms with Crippen LogP contribution in [0.15, 0.2) is 191 Å². The first-order valence-electron chi connectivity index (χ1n) is 17.4. The van der Waals surface area contributed by atoms with Crippen molar-refractivity contribution in [3.63, 3.8) is 0 Å². The van der Waals surface area contributed by atoms with E-state index >= 15 is 0 Å². The van der Waals surface area contributed by atoms with E-state index in [9.17, 15) is 0 Å². The Morgan fingerprint density at radius 1 is 0.400 bits per heavy atom. The van der Waals surface area contributed by atoms with Crippen molar-refractivity contribution in [3.8, 4) is 33.5 Å². The van der Waals surface area contributed by atoms with Crippen LogP contribution in [0.1, 0.15) is 0 Å². The number of hydrogen-bond donors (Lipinski definition) is 0. The summed E-state index contributed by atoms with van der Waals surface area (Å²) in [6.45, 7) is 0. The predicted octanol–water partition coefficient (Wildman–Crippen LogP) is 13.8. The third-order valence-corrected chi connectivity index (χ3v) is 10.0. The first kappa shape index (κ1) is 37.9. The number of pyridine rings is 3. The van der Waals surface area contributed by atoms with E-state index in [0.717, 1.165) is 63.9 Å². The molecule has 0 fully saturated rings. The molecule has 6 heteroatoms. The van der Waals surface area contributed by atoms with Crippen molar-refractivity contribution < 1.29 is 20.1 Å². The summed E-state index contributed by atoms with van der Waals surface area (Å²) < 4.78 is 2.17. The molecule has 10 rings (SSSR count). The van der Waals surface area contributed by atoms with Gasteiger partial charge in [-0.1, -0.05) is 105 Å². The molecule has 0 atom stereocenters. The Labute approximate surface area is 350 Å². The largest absolute Gasteiger partial charge is 3.00 e. The zero-order valence-corrected chi connectivity index (χ0v) is 34.8. The second-order valence-electron chi connectivity index (χ2n) is 12.5. The van der Waals surface area contributed by atoms with Crippen LogP contribution in [-0.2, 0) is 20.1 Å². The molecule has 7 aromatic carbocycles. The van der Waals surface area contributed by atoms with Gasteiger partial charge < -0.3 is 15.0 Å². The van der Waals surface area contributed by atoms with Crippen LogP contribution in [0.2, 0.25) is 0 Å². The topological polar surface area (TPSA) is 38.7 Å². The molecule has 0 saturated heterocycles. The molecule has 264 valence electrons. The number of halogens is 2. The molecule has 10 aromatic rings. The summed E-state index contributed by atoms with van der Waals surface area (Å²) >= 11 is 6.93. The fraction of sp³-hybridized carbons (Fsp3) is 0. The number of aromatic nitrogens is 3. The molecule has 0 unspecified atom stereocenters. The van der Waals surface area contributed by atoms with E-state index < -0.39 is 0 Å². The van der Waals surface area contributed by atoms with Gasteiger partial charge in [-0.25, -0.2) is 0 Å². The third kappa shape index (κ3) is 8.96. The molecular weight excluding hydrogens is 983 g/mol. The SMILES string of the molecule is Brc1ccc(-c2cnc3c(ccc4ccc[c-]c43)c2)cc1.Brc1ccc(-c2cnc3c(ccc4ccc[c-]c43)c2)cc1.[Ir+3].[c-]1ccccc1-c1ccccn1. The molecule has 0 aliphatic carbocycles. The van der Waals surface area contributed by atoms with Crippen molar-refractivity contribution in [2.45, 2.75) is 0 Å². The van der Waals surface area contributed by atoms with Crippen molar-refractivity contribution in [1.82, 2.24) is 15.0 Å². The molecular formula is C49H30Br2IrN3. The Morgan fingerprint density at radius 3 is 1.36 bits per heavy atom. The number of benzene rings is 7. The first-order valence-corrected chi connectivity index (χ1v) is 19.0. The maximum absolute atomic E-state index is 4.67. The molecule has 0 N–H and O–H groups in total. The quantitative estimate of drug-likeness (QED) is 0.131. The van der Waals surface area contributed by atoms with Crippen LogP contribution in [0.5, 0.6) is 0 Å². The van der Waals surface area contributed by atoms with Crippen molar-refractivity contribution in [1.29, 1.82) is 0 Å². The van der Waals surface area contributed by atoms with Gasteiger partial charge in [0.25, 0.3) is 0 Å². The standard InChI is InChI=1S/2C19H11BrN.C11H8N.Ir/c2*20-17-9-7-13(8-10-17)16-11-15-6-5-14-3-1-2-4-18(14)19(15)21-12-16;1-2-6-10(7-3-1)11-8-4-5-9-12-11;/h2*1-3,5-12H;1-6,8-9H;/q3*-1;+3. The van der Waals surface area contributed by atoms with Crippen LogP contribution in [-0.4, -0.2) is 15.0 Å². The molecule has 0 bridgehead atoms. The number of hydrogen-bond acceptors (Lipinski definition) is 3. The summed E-state index contributed by atoms with van der Waals surface area (Å²) in [5.41, 5.74) is 8.63. The van der Waals surface area contributed by atoms with Gasteiger partial charge in [0.1, 0.15) is 0 Å². The average Bonchev–Trinajstić information content (AvgIpc) is 3.25. The van der Waals surface area contributed by atoms with Crippen LogP contribution in [0.25, 0.3) is 76.9 Å². The number of rotatable bonds is 3. The maximum atomic E-state index is 4.67. The van der Waals surface area contributed by atoms with E-state index in [1.54, 1.807) is 6.20 Å². The molecule has 3 heterocycles. The van der Waals surface area contributed by atoms with Crippen LogP contribution in [0.4, 0.5) is 0 Å². The minimum atomic E-state index is 0. The van der Waals surface area contributed by atoms with Gasteiger partial charge in [0.15, 0.2) is 0 Å². The number of nitrogens with zero attached hydrogens (tertiary/aromatic N) is 3. The summed E-state index contributed by atoms with van der Waals surface area (Å²) in [5, 5.41) is 6.80. The van der Waals surface area contributed by atoms with Crippen LogP contribution in [0, 0.1) is 18.2 Å². The zero-order valence-electron chi connectivity index (χ0n) is 29.3. The van der Waals surface area contributed by atoms with Gasteiger partial charge >= 0.3 is 20.1 Å². The second kappa shape index (κ2) is 17.9. The first-order chi connectivity index (χ1) is 26.6. The Hall–Kier alpha value is -5.36. The van der Waals surface area contributed by atoms with Crippen molar-refractivity contribution >= 4 is 75.2 Å². The molecule has 0 aliphatic heterocycles. The molecule has 0 radical (unpaired) electrons. The number of fused-ring (bicyclic) bond motifs is 6. The Bertz CT molecular complexity index is 2630. The van der Waals surface area contributed by atoms with Crippen molar-refractivity contribution in [2.75, 3.05) is 0 Å². The summed E-state index contributed by atoms with van der Waals surface area (Å²) in [6, 6.07) is 64.9. The van der Waals surface area contributed by atoms with E-state index in [1.165, 1.54) is 21.9 Å². The van der Waals surface area contributed by atoms with Crippen molar-refractivity contribution in [3.05, 3.63) is 210 Å². The molecule has 55 heavy (non-hydrogen) atoms. The fourth-order valence-corrected chi connectivity index (χ4v) is 6.79. The maximum Gasteiger partial charge on any atom is 3.00 e. The van der Waals surface area contributed by atoms with Gasteiger partial charge in [-0.15, -0.1) is 106 Å². The van der Waals surface area contributed by atoms with Crippen LogP contribution >= 0.6 is 31.9 Å². The normalized spacial score (nSPS) is 10.6. The predicted molar refractivity (Wildman–Crippen MR) is 231 cm³/mol. The molecule has 0 saturated carbocycles. The van der Waals surface area contributed by atoms with Gasteiger partial charge in [0.2, 0.25) is 0 Å². The van der Waals surface area contributed by atoms with Crippen LogP contribution in [0.3, 0.4) is 0 Å². The summed E-state index contributed by atoms with van der Waals surface area (Å²) in [6.07, 6.45) is 5.66. The Morgan fingerprint density at radius 2 is 0.891 bits per heavy atom. The van der Waals surface area contributed by atoms with Crippen LogP contribution < -0.4 is 0 Å². The third-order valence-electron chi connectivity index (χ3n) is 8.97. The minimum absolute atomic E-state index is 0. The minimum Gasteiger partial charge on any atom is -0.305 e. The van der Waals surface area contributed by atoms with Crippen molar-refractivity contribution in [2.24, 2.45) is 0 Å². The van der Waals surface area contributed by atoms with Gasteiger partial charge in [-0.2, -0.15) is 0 Å². The van der Waals surface area contributed by atoms with E-state index in [1.807, 2.05) is 103 Å². The fourth-order valence-electron chi connectivity index (χ4n) is 6.26. The molecule has 3 nitrogen and oxygen atoms in total. The van der Waals surface area contributed by atoms with Gasteiger partial charge in [0.05, 0.1) is 0 Å². The Kier molecular flexibility index (Phi) is 12.3. The molecule has 3 aromatic heterocycles. The summed E-state index contributed by atoms with van der Waals surface area (Å²) in [4.78, 5) is 13.5. The monoisotopic (exact) mass is 1010 g/mol. The van der Waals surface area contributed by atoms with Gasteiger partial charge in [-0.05, 0) is 80.1 Å². The zero-order chi connectivity index (χ0) is 36.7. The molecule has 0 amide bonds. The summed E-state index contributed by atoms with van der Waals surface area (Å²) in [7, 11) is 0. The molecule has 0 aliphatic rings. The van der Waals surface area contributed by atoms with E-state index in [-0.39, 0.29) is 20.1 Å². The van der Waals surface area contributed by atoms with E-state index in [2.05, 4.69) is 138 Å². The average molecular weight is 1010 g/mol. The summed E-state index contributed by atoms with van der Waals surface area (Å²) in [5.74, 6) is 0. The second-order valence-corrected chi connectivity index (χ2v) is 14.3. The van der Waals surface area contributed by atoms with Gasteiger partial charge in [-0.3, -0.25) is 0 Å². The smallest absolute Gasteiger partial charge is 0.305 e. The molecule has 0 spiro atoms. The van der Waals surface area contributed by atoms with E-state index in [0.29, 0.717) is 0 Å². The van der Waals surface area contributed by atoms with E-state index in [4.69, 9.17) is 0 Å². The van der Waals surface area contributed by atoms with Gasteiger partial charge in [0, 0.05) is 27.5 Å².